The molecule has 0 saturated carbocycles. The average molecular weight is 420 g/mol. The fourth-order valence-electron chi connectivity index (χ4n) is 3.30. The van der Waals surface area contributed by atoms with Gasteiger partial charge >= 0.3 is 0 Å². The zero-order chi connectivity index (χ0) is 19.0. The molecule has 1 aliphatic rings. The molecule has 0 radical (unpaired) electrons. The molecule has 3 aromatic carbocycles. The Balaban J connectivity index is 1.97. The second-order valence-corrected chi connectivity index (χ2v) is 6.83. The van der Waals surface area contributed by atoms with Crippen molar-refractivity contribution in [3.05, 3.63) is 65.7 Å². The molecule has 6 heteroatoms. The first-order valence-corrected chi connectivity index (χ1v) is 9.47. The number of carbonyl (C=O) groups is 2. The molecule has 1 aliphatic heterocycles. The molecule has 0 bridgehead atoms. The number of anilines is 3. The molecule has 5 nitrogen and oxygen atoms in total. The van der Waals surface area contributed by atoms with Crippen molar-refractivity contribution < 1.29 is 9.59 Å². The Morgan fingerprint density at radius 1 is 1.11 bits per heavy atom. The summed E-state index contributed by atoms with van der Waals surface area (Å²) in [7, 11) is 0. The van der Waals surface area contributed by atoms with Crippen LogP contribution >= 0.6 is 15.9 Å². The van der Waals surface area contributed by atoms with Crippen molar-refractivity contribution in [2.45, 2.75) is 11.8 Å². The fourth-order valence-corrected chi connectivity index (χ4v) is 3.65. The number of rotatable bonds is 2. The van der Waals surface area contributed by atoms with Gasteiger partial charge in [0.05, 0.1) is 28.7 Å². The van der Waals surface area contributed by atoms with Gasteiger partial charge in [0, 0.05) is 10.7 Å². The zero-order valence-electron chi connectivity index (χ0n) is 14.2. The predicted octanol–water partition coefficient (Wildman–Crippen LogP) is 4.61. The first-order valence-electron chi connectivity index (χ1n) is 8.35. The molecular weight excluding hydrogens is 406 g/mol. The van der Waals surface area contributed by atoms with Gasteiger partial charge in [0.25, 0.3) is 0 Å². The number of fused-ring (bicyclic) bond motifs is 3. The van der Waals surface area contributed by atoms with E-state index in [0.29, 0.717) is 22.6 Å². The largest absolute Gasteiger partial charge is 0.323 e. The minimum Gasteiger partial charge on any atom is -0.323 e. The molecule has 0 fully saturated rings. The van der Waals surface area contributed by atoms with Gasteiger partial charge in [-0.25, -0.2) is 0 Å². The Hall–Kier alpha value is -3.17. The van der Waals surface area contributed by atoms with Crippen molar-refractivity contribution in [3.63, 3.8) is 0 Å². The smallest absolute Gasteiger partial charge is 0.241 e. The number of hydrogen-bond donors (Lipinski definition) is 1. The van der Waals surface area contributed by atoms with E-state index in [4.69, 9.17) is 0 Å². The second-order valence-electron chi connectivity index (χ2n) is 6.27. The minimum absolute atomic E-state index is 0.258. The van der Waals surface area contributed by atoms with E-state index in [2.05, 4.69) is 27.3 Å². The lowest BCUT2D eigenvalue weighted by molar-refractivity contribution is -0.124. The van der Waals surface area contributed by atoms with Crippen LogP contribution in [0.5, 0.6) is 0 Å². The van der Waals surface area contributed by atoms with Gasteiger partial charge in [-0.15, -0.1) is 0 Å². The maximum absolute atomic E-state index is 12.8. The maximum atomic E-state index is 12.8. The van der Waals surface area contributed by atoms with E-state index in [0.717, 1.165) is 21.7 Å². The van der Waals surface area contributed by atoms with Crippen LogP contribution < -0.4 is 10.2 Å². The topological polar surface area (TPSA) is 73.2 Å². The van der Waals surface area contributed by atoms with Crippen LogP contribution in [-0.4, -0.2) is 11.8 Å². The van der Waals surface area contributed by atoms with Gasteiger partial charge in [-0.2, -0.15) is 5.26 Å². The van der Waals surface area contributed by atoms with E-state index >= 15 is 0 Å². The van der Waals surface area contributed by atoms with Crippen molar-refractivity contribution >= 4 is 55.6 Å². The van der Waals surface area contributed by atoms with E-state index in [1.54, 1.807) is 24.3 Å². The quantitative estimate of drug-likeness (QED) is 0.486. The van der Waals surface area contributed by atoms with Crippen LogP contribution in [-0.2, 0) is 14.9 Å². The average Bonchev–Trinajstić information content (AvgIpc) is 2.81. The van der Waals surface area contributed by atoms with Gasteiger partial charge in [0.2, 0.25) is 11.8 Å². The monoisotopic (exact) mass is 419 g/mol. The summed E-state index contributed by atoms with van der Waals surface area (Å²) in [6, 6.07) is 18.6. The summed E-state index contributed by atoms with van der Waals surface area (Å²) in [6.07, 6.45) is -0.258. The van der Waals surface area contributed by atoms with Crippen LogP contribution in [0, 0.1) is 11.3 Å². The summed E-state index contributed by atoms with van der Waals surface area (Å²) in [4.78, 5) is 26.6. The molecule has 1 heterocycles. The van der Waals surface area contributed by atoms with E-state index in [1.807, 2.05) is 30.3 Å². The van der Waals surface area contributed by atoms with Crippen molar-refractivity contribution in [1.29, 1.82) is 5.26 Å². The molecule has 4 rings (SSSR count). The van der Waals surface area contributed by atoms with Crippen molar-refractivity contribution in [2.24, 2.45) is 0 Å². The highest BCUT2D eigenvalue weighted by molar-refractivity contribution is 9.08. The molecule has 0 spiro atoms. The second kappa shape index (κ2) is 6.86. The molecule has 27 heavy (non-hydrogen) atoms. The Morgan fingerprint density at radius 3 is 2.74 bits per heavy atom. The molecule has 0 aromatic heterocycles. The van der Waals surface area contributed by atoms with Crippen LogP contribution in [0.25, 0.3) is 10.8 Å². The lowest BCUT2D eigenvalue weighted by Gasteiger charge is -2.23. The van der Waals surface area contributed by atoms with Crippen molar-refractivity contribution in [3.8, 4) is 6.07 Å². The molecule has 0 atom stereocenters. The number of carbonyl (C=O) groups excluding carboxylic acids is 2. The number of nitrogens with one attached hydrogen (secondary N) is 1. The van der Waals surface area contributed by atoms with Gasteiger partial charge < -0.3 is 5.32 Å². The Bertz CT molecular complexity index is 1130. The van der Waals surface area contributed by atoms with Crippen molar-refractivity contribution in [1.82, 2.24) is 0 Å². The highest BCUT2D eigenvalue weighted by Crippen LogP contribution is 2.40. The van der Waals surface area contributed by atoms with Crippen LogP contribution in [0.2, 0.25) is 0 Å². The molecule has 132 valence electrons. The summed E-state index contributed by atoms with van der Waals surface area (Å²) in [6.45, 7) is 0. The predicted molar refractivity (Wildman–Crippen MR) is 108 cm³/mol. The van der Waals surface area contributed by atoms with E-state index in [1.165, 1.54) is 4.90 Å². The highest BCUT2D eigenvalue weighted by Gasteiger charge is 2.28. The van der Waals surface area contributed by atoms with Crippen LogP contribution in [0.1, 0.15) is 17.5 Å². The molecule has 0 aliphatic carbocycles. The third-order valence-electron chi connectivity index (χ3n) is 4.52. The maximum Gasteiger partial charge on any atom is 0.241 e. The fraction of sp³-hybridized carbons (Fsp3) is 0.0952. The van der Waals surface area contributed by atoms with Crippen LogP contribution in [0.15, 0.2) is 54.6 Å². The molecule has 0 saturated heterocycles. The number of hydrogen-bond acceptors (Lipinski definition) is 3. The number of nitriles is 1. The lowest BCUT2D eigenvalue weighted by Crippen LogP contribution is -2.26. The molecule has 2 amide bonds. The number of halogens is 1. The molecule has 0 unspecified atom stereocenters. The van der Waals surface area contributed by atoms with E-state index in [-0.39, 0.29) is 18.2 Å². The van der Waals surface area contributed by atoms with Crippen molar-refractivity contribution in [2.75, 3.05) is 10.2 Å². The summed E-state index contributed by atoms with van der Waals surface area (Å²) < 4.78 is 0. The summed E-state index contributed by atoms with van der Waals surface area (Å²) in [5.41, 5.74) is 3.34. The summed E-state index contributed by atoms with van der Waals surface area (Å²) in [5, 5.41) is 14.6. The Labute approximate surface area is 164 Å². The standard InChI is InChI=1S/C21H14BrN3O2/c22-11-13-4-6-17-15(8-13)5-7-18-21(17)24-19(26)10-20(27)25(18)16-3-1-2-14(9-16)12-23/h1-9H,10-11H2,(H,24,26). The molecule has 1 N–H and O–H groups in total. The van der Waals surface area contributed by atoms with E-state index in [9.17, 15) is 14.9 Å². The highest BCUT2D eigenvalue weighted by atomic mass is 79.9. The lowest BCUT2D eigenvalue weighted by atomic mass is 10.0. The Kier molecular flexibility index (Phi) is 4.38. The number of nitrogens with zero attached hydrogens (tertiary/aromatic N) is 2. The number of amides is 2. The zero-order valence-corrected chi connectivity index (χ0v) is 15.8. The third kappa shape index (κ3) is 3.07. The summed E-state index contributed by atoms with van der Waals surface area (Å²) >= 11 is 3.45. The van der Waals surface area contributed by atoms with Crippen LogP contribution in [0.3, 0.4) is 0 Å². The number of alkyl halides is 1. The minimum atomic E-state index is -0.350. The summed E-state index contributed by atoms with van der Waals surface area (Å²) in [5.74, 6) is -0.685. The van der Waals surface area contributed by atoms with Gasteiger partial charge in [0.15, 0.2) is 0 Å². The van der Waals surface area contributed by atoms with Gasteiger partial charge in [0.1, 0.15) is 6.42 Å². The molecule has 3 aromatic rings. The van der Waals surface area contributed by atoms with Gasteiger partial charge in [-0.1, -0.05) is 46.3 Å². The molecular formula is C21H14BrN3O2. The van der Waals surface area contributed by atoms with Gasteiger partial charge in [-0.05, 0) is 35.2 Å². The first-order chi connectivity index (χ1) is 13.1. The van der Waals surface area contributed by atoms with Crippen LogP contribution in [0.4, 0.5) is 17.1 Å². The van der Waals surface area contributed by atoms with E-state index < -0.39 is 0 Å². The third-order valence-corrected chi connectivity index (χ3v) is 5.16. The number of benzene rings is 3. The SMILES string of the molecule is N#Cc1cccc(N2C(=O)CC(=O)Nc3c2ccc2cc(CBr)ccc32)c1. The van der Waals surface area contributed by atoms with Gasteiger partial charge in [-0.3, -0.25) is 14.5 Å². The first kappa shape index (κ1) is 17.3. The normalized spacial score (nSPS) is 13.7. The Morgan fingerprint density at radius 2 is 1.96 bits per heavy atom.